The lowest BCUT2D eigenvalue weighted by Crippen LogP contribution is -2.08. The molecule has 0 radical (unpaired) electrons. The fourth-order valence-corrected chi connectivity index (χ4v) is 4.16. The van der Waals surface area contributed by atoms with Gasteiger partial charge in [0, 0.05) is 29.3 Å². The van der Waals surface area contributed by atoms with Crippen molar-refractivity contribution in [1.29, 1.82) is 0 Å². The molecule has 1 unspecified atom stereocenters. The second-order valence-corrected chi connectivity index (χ2v) is 8.05. The maximum atomic E-state index is 9.61. The Morgan fingerprint density at radius 1 is 0.909 bits per heavy atom. The molecule has 33 heavy (non-hydrogen) atoms. The van der Waals surface area contributed by atoms with Crippen LogP contribution in [0.2, 0.25) is 0 Å². The molecule has 164 valence electrons. The van der Waals surface area contributed by atoms with E-state index in [0.717, 1.165) is 56.3 Å². The summed E-state index contributed by atoms with van der Waals surface area (Å²) >= 11 is 0. The molecule has 6 nitrogen and oxygen atoms in total. The number of hydrogen-bond donors (Lipinski definition) is 3. The molecule has 0 bridgehead atoms. The van der Waals surface area contributed by atoms with Crippen molar-refractivity contribution in [3.63, 3.8) is 0 Å². The summed E-state index contributed by atoms with van der Waals surface area (Å²) in [6.45, 7) is 2.76. The van der Waals surface area contributed by atoms with Crippen molar-refractivity contribution in [3.05, 3.63) is 95.9 Å². The highest BCUT2D eigenvalue weighted by Gasteiger charge is 2.12. The molecule has 0 spiro atoms. The number of anilines is 1. The van der Waals surface area contributed by atoms with Gasteiger partial charge in [-0.3, -0.25) is 4.98 Å². The standard InChI is InChI=1S/C27H25N5O/c1-2-23-25(21-9-10-24-20(14-21)4-3-11-29-24)31-16-32-27(23)30-15-17-5-6-19-13-22(26(28)33)8-7-18(19)12-17/h3-14,16,26,33H,2,15,28H2,1H3,(H,30,31,32). The molecule has 1 atom stereocenters. The Morgan fingerprint density at radius 2 is 1.76 bits per heavy atom. The molecular formula is C27H25N5O. The summed E-state index contributed by atoms with van der Waals surface area (Å²) in [5.41, 5.74) is 11.5. The van der Waals surface area contributed by atoms with Gasteiger partial charge in [-0.1, -0.05) is 43.3 Å². The molecule has 0 aliphatic carbocycles. The molecule has 6 heteroatoms. The number of benzene rings is 3. The van der Waals surface area contributed by atoms with Crippen LogP contribution in [0.25, 0.3) is 32.9 Å². The Kier molecular flexibility index (Phi) is 5.69. The van der Waals surface area contributed by atoms with Crippen LogP contribution >= 0.6 is 0 Å². The summed E-state index contributed by atoms with van der Waals surface area (Å²) in [7, 11) is 0. The van der Waals surface area contributed by atoms with Crippen molar-refractivity contribution in [3.8, 4) is 11.3 Å². The van der Waals surface area contributed by atoms with Crippen molar-refractivity contribution in [1.82, 2.24) is 15.0 Å². The number of rotatable bonds is 6. The molecule has 0 aliphatic heterocycles. The van der Waals surface area contributed by atoms with Crippen LogP contribution in [0.1, 0.15) is 29.8 Å². The smallest absolute Gasteiger partial charge is 0.133 e. The van der Waals surface area contributed by atoms with Gasteiger partial charge < -0.3 is 16.2 Å². The van der Waals surface area contributed by atoms with Crippen molar-refractivity contribution in [2.24, 2.45) is 5.73 Å². The lowest BCUT2D eigenvalue weighted by molar-refractivity contribution is 0.186. The molecule has 0 saturated heterocycles. The minimum absolute atomic E-state index is 0.641. The van der Waals surface area contributed by atoms with E-state index in [1.54, 1.807) is 12.5 Å². The first-order chi connectivity index (χ1) is 16.1. The van der Waals surface area contributed by atoms with Crippen LogP contribution in [0.15, 0.2) is 79.3 Å². The van der Waals surface area contributed by atoms with E-state index >= 15 is 0 Å². The summed E-state index contributed by atoms with van der Waals surface area (Å²) in [5, 5.41) is 16.3. The number of pyridine rings is 1. The van der Waals surface area contributed by atoms with E-state index in [1.807, 2.05) is 36.4 Å². The highest BCUT2D eigenvalue weighted by atomic mass is 16.3. The number of hydrogen-bond acceptors (Lipinski definition) is 6. The van der Waals surface area contributed by atoms with Crippen LogP contribution in [0, 0.1) is 0 Å². The van der Waals surface area contributed by atoms with Gasteiger partial charge in [-0.2, -0.15) is 0 Å². The molecule has 0 aliphatic rings. The van der Waals surface area contributed by atoms with Gasteiger partial charge in [0.05, 0.1) is 11.2 Å². The number of aliphatic hydroxyl groups is 1. The molecule has 5 aromatic rings. The van der Waals surface area contributed by atoms with Crippen LogP contribution in [0.3, 0.4) is 0 Å². The minimum Gasteiger partial charge on any atom is -0.375 e. The van der Waals surface area contributed by atoms with E-state index in [4.69, 9.17) is 5.73 Å². The van der Waals surface area contributed by atoms with E-state index in [1.165, 1.54) is 0 Å². The van der Waals surface area contributed by atoms with Gasteiger partial charge in [-0.25, -0.2) is 9.97 Å². The topological polar surface area (TPSA) is 97.0 Å². The molecule has 4 N–H and O–H groups in total. The van der Waals surface area contributed by atoms with E-state index < -0.39 is 6.23 Å². The number of nitrogens with two attached hydrogens (primary N) is 1. The maximum absolute atomic E-state index is 9.61. The highest BCUT2D eigenvalue weighted by Crippen LogP contribution is 2.29. The van der Waals surface area contributed by atoms with Crippen molar-refractivity contribution < 1.29 is 5.11 Å². The third-order valence-corrected chi connectivity index (χ3v) is 5.91. The number of aliphatic hydroxyl groups excluding tert-OH is 1. The number of fused-ring (bicyclic) bond motifs is 2. The van der Waals surface area contributed by atoms with Crippen molar-refractivity contribution in [2.75, 3.05) is 5.32 Å². The Morgan fingerprint density at radius 3 is 2.61 bits per heavy atom. The first-order valence-electron chi connectivity index (χ1n) is 11.0. The lowest BCUT2D eigenvalue weighted by atomic mass is 10.0. The summed E-state index contributed by atoms with van der Waals surface area (Å²) in [6, 6.07) is 22.3. The Hall–Kier alpha value is -3.87. The van der Waals surface area contributed by atoms with Gasteiger partial charge in [0.1, 0.15) is 18.4 Å². The van der Waals surface area contributed by atoms with Gasteiger partial charge in [-0.15, -0.1) is 0 Å². The SMILES string of the molecule is CCc1c(NCc2ccc3cc(C(N)O)ccc3c2)ncnc1-c1ccc2ncccc2c1. The van der Waals surface area contributed by atoms with E-state index in [9.17, 15) is 5.11 Å². The first-order valence-corrected chi connectivity index (χ1v) is 11.0. The largest absolute Gasteiger partial charge is 0.375 e. The maximum Gasteiger partial charge on any atom is 0.133 e. The van der Waals surface area contributed by atoms with Crippen molar-refractivity contribution >= 4 is 27.5 Å². The zero-order chi connectivity index (χ0) is 22.8. The average Bonchev–Trinajstić information content (AvgIpc) is 2.86. The summed E-state index contributed by atoms with van der Waals surface area (Å²) < 4.78 is 0. The Bertz CT molecular complexity index is 1450. The van der Waals surface area contributed by atoms with Gasteiger partial charge in [0.2, 0.25) is 0 Å². The van der Waals surface area contributed by atoms with Gasteiger partial charge in [0.15, 0.2) is 0 Å². The van der Waals surface area contributed by atoms with Gasteiger partial charge in [0.25, 0.3) is 0 Å². The predicted molar refractivity (Wildman–Crippen MR) is 133 cm³/mol. The van der Waals surface area contributed by atoms with Crippen LogP contribution < -0.4 is 11.1 Å². The lowest BCUT2D eigenvalue weighted by Gasteiger charge is -2.14. The van der Waals surface area contributed by atoms with Crippen LogP contribution in [-0.2, 0) is 13.0 Å². The third-order valence-electron chi connectivity index (χ3n) is 5.91. The van der Waals surface area contributed by atoms with E-state index in [0.29, 0.717) is 12.1 Å². The normalized spacial score (nSPS) is 12.2. The monoisotopic (exact) mass is 435 g/mol. The zero-order valence-corrected chi connectivity index (χ0v) is 18.4. The molecular weight excluding hydrogens is 410 g/mol. The molecule has 2 heterocycles. The molecule has 0 saturated carbocycles. The van der Waals surface area contributed by atoms with E-state index in [-0.39, 0.29) is 0 Å². The fourth-order valence-electron chi connectivity index (χ4n) is 4.16. The average molecular weight is 436 g/mol. The number of aromatic nitrogens is 3. The minimum atomic E-state index is -0.964. The second kappa shape index (κ2) is 8.94. The predicted octanol–water partition coefficient (Wildman–Crippen LogP) is 4.97. The second-order valence-electron chi connectivity index (χ2n) is 8.05. The molecule has 3 aromatic carbocycles. The summed E-state index contributed by atoms with van der Waals surface area (Å²) in [5.74, 6) is 0.843. The summed E-state index contributed by atoms with van der Waals surface area (Å²) in [4.78, 5) is 13.5. The number of nitrogens with zero attached hydrogens (tertiary/aromatic N) is 3. The van der Waals surface area contributed by atoms with E-state index in [2.05, 4.69) is 57.5 Å². The Labute approximate surface area is 192 Å². The molecule has 5 rings (SSSR count). The first kappa shape index (κ1) is 21.0. The van der Waals surface area contributed by atoms with Gasteiger partial charge >= 0.3 is 0 Å². The third kappa shape index (κ3) is 4.26. The Balaban J connectivity index is 1.42. The van der Waals surface area contributed by atoms with Crippen LogP contribution in [0.5, 0.6) is 0 Å². The summed E-state index contributed by atoms with van der Waals surface area (Å²) in [6.07, 6.45) is 3.27. The number of nitrogens with one attached hydrogen (secondary N) is 1. The van der Waals surface area contributed by atoms with Crippen molar-refractivity contribution in [2.45, 2.75) is 26.1 Å². The van der Waals surface area contributed by atoms with Crippen LogP contribution in [-0.4, -0.2) is 20.1 Å². The molecule has 0 amide bonds. The van der Waals surface area contributed by atoms with Gasteiger partial charge in [-0.05, 0) is 58.7 Å². The quantitative estimate of drug-likeness (QED) is 0.326. The zero-order valence-electron chi connectivity index (χ0n) is 18.4. The fraction of sp³-hybridized carbons (Fsp3) is 0.148. The molecule has 0 fully saturated rings. The molecule has 2 aromatic heterocycles. The van der Waals surface area contributed by atoms with Crippen LogP contribution in [0.4, 0.5) is 5.82 Å². The highest BCUT2D eigenvalue weighted by molar-refractivity contribution is 5.85.